The highest BCUT2D eigenvalue weighted by Crippen LogP contribution is 2.38. The second kappa shape index (κ2) is 4.87. The Morgan fingerprint density at radius 2 is 2.17 bits per heavy atom. The Hall–Kier alpha value is -1.73. The molecule has 0 bridgehead atoms. The third-order valence-electron chi connectivity index (χ3n) is 2.74. The highest BCUT2D eigenvalue weighted by Gasteiger charge is 2.27. The molecule has 6 nitrogen and oxygen atoms in total. The van der Waals surface area contributed by atoms with Crippen molar-refractivity contribution in [2.75, 3.05) is 10.7 Å². The summed E-state index contributed by atoms with van der Waals surface area (Å²) in [5.74, 6) is 8.22. The molecule has 2 heterocycles. The maximum atomic E-state index is 5.42. The maximum Gasteiger partial charge on any atom is 0.145 e. The van der Waals surface area contributed by atoms with Gasteiger partial charge in [-0.15, -0.1) is 11.3 Å². The van der Waals surface area contributed by atoms with Crippen LogP contribution in [0.2, 0.25) is 0 Å². The molecular weight excluding hydrogens is 248 g/mol. The Morgan fingerprint density at radius 1 is 1.33 bits per heavy atom. The monoisotopic (exact) mass is 262 g/mol. The lowest BCUT2D eigenvalue weighted by molar-refractivity contribution is 0.919. The molecule has 18 heavy (non-hydrogen) atoms. The molecule has 0 saturated heterocycles. The Balaban J connectivity index is 1.75. The number of anilines is 2. The first-order valence-corrected chi connectivity index (χ1v) is 6.71. The van der Waals surface area contributed by atoms with Gasteiger partial charge in [0, 0.05) is 23.6 Å². The van der Waals surface area contributed by atoms with Gasteiger partial charge in [-0.1, -0.05) is 0 Å². The van der Waals surface area contributed by atoms with E-state index in [0.29, 0.717) is 18.3 Å². The van der Waals surface area contributed by atoms with Crippen LogP contribution in [0.1, 0.15) is 29.6 Å². The minimum absolute atomic E-state index is 0.499. The largest absolute Gasteiger partial charge is 0.363 e. The average Bonchev–Trinajstić information content (AvgIpc) is 3.13. The fourth-order valence-electron chi connectivity index (χ4n) is 1.66. The Labute approximate surface area is 109 Å². The number of rotatable bonds is 5. The Kier molecular flexibility index (Phi) is 3.07. The van der Waals surface area contributed by atoms with Crippen molar-refractivity contribution < 1.29 is 0 Å². The molecule has 0 aliphatic heterocycles. The summed E-state index contributed by atoms with van der Waals surface area (Å²) in [6.07, 6.45) is 4.13. The molecule has 3 rings (SSSR count). The summed E-state index contributed by atoms with van der Waals surface area (Å²) < 4.78 is 0. The third kappa shape index (κ3) is 2.57. The standard InChI is InChI=1S/C11H14N6S/c12-17-9-5-8(14-6-10-13-3-4-18-10)15-11(16-9)7-1-2-7/h3-5,7H,1-2,6,12H2,(H2,14,15,16,17). The molecule has 94 valence electrons. The van der Waals surface area contributed by atoms with Crippen molar-refractivity contribution in [3.8, 4) is 0 Å². The van der Waals surface area contributed by atoms with E-state index >= 15 is 0 Å². The zero-order chi connectivity index (χ0) is 12.4. The first kappa shape index (κ1) is 11.4. The van der Waals surface area contributed by atoms with E-state index < -0.39 is 0 Å². The van der Waals surface area contributed by atoms with Gasteiger partial charge in [0.15, 0.2) is 0 Å². The zero-order valence-electron chi connectivity index (χ0n) is 9.76. The molecule has 1 aliphatic rings. The summed E-state index contributed by atoms with van der Waals surface area (Å²) in [4.78, 5) is 13.1. The van der Waals surface area contributed by atoms with Gasteiger partial charge in [-0.2, -0.15) is 0 Å². The van der Waals surface area contributed by atoms with Gasteiger partial charge in [-0.3, -0.25) is 0 Å². The minimum atomic E-state index is 0.499. The topological polar surface area (TPSA) is 88.8 Å². The molecule has 0 amide bonds. The lowest BCUT2D eigenvalue weighted by atomic mass is 10.4. The van der Waals surface area contributed by atoms with Crippen molar-refractivity contribution in [3.05, 3.63) is 28.5 Å². The van der Waals surface area contributed by atoms with Gasteiger partial charge in [0.2, 0.25) is 0 Å². The maximum absolute atomic E-state index is 5.42. The van der Waals surface area contributed by atoms with Gasteiger partial charge in [-0.05, 0) is 12.8 Å². The van der Waals surface area contributed by atoms with Crippen molar-refractivity contribution in [1.29, 1.82) is 0 Å². The van der Waals surface area contributed by atoms with E-state index in [-0.39, 0.29) is 0 Å². The first-order chi connectivity index (χ1) is 8.85. The van der Waals surface area contributed by atoms with Gasteiger partial charge in [0.25, 0.3) is 0 Å². The van der Waals surface area contributed by atoms with Crippen LogP contribution in [-0.4, -0.2) is 15.0 Å². The van der Waals surface area contributed by atoms with Crippen LogP contribution in [0.25, 0.3) is 0 Å². The van der Waals surface area contributed by atoms with Gasteiger partial charge in [0.05, 0.1) is 6.54 Å². The van der Waals surface area contributed by atoms with Gasteiger partial charge >= 0.3 is 0 Å². The lowest BCUT2D eigenvalue weighted by Gasteiger charge is -2.08. The predicted octanol–water partition coefficient (Wildman–Crippen LogP) is 1.71. The number of hydrogen-bond acceptors (Lipinski definition) is 7. The van der Waals surface area contributed by atoms with Gasteiger partial charge < -0.3 is 10.7 Å². The summed E-state index contributed by atoms with van der Waals surface area (Å²) in [5, 5.41) is 6.24. The average molecular weight is 262 g/mol. The number of hydrogen-bond donors (Lipinski definition) is 3. The van der Waals surface area contributed by atoms with E-state index in [0.717, 1.165) is 16.6 Å². The highest BCUT2D eigenvalue weighted by molar-refractivity contribution is 7.09. The minimum Gasteiger partial charge on any atom is -0.363 e. The number of aromatic nitrogens is 3. The number of thiazole rings is 1. The van der Waals surface area contributed by atoms with Crippen LogP contribution < -0.4 is 16.6 Å². The van der Waals surface area contributed by atoms with Crippen LogP contribution in [0.15, 0.2) is 17.6 Å². The van der Waals surface area contributed by atoms with E-state index in [1.54, 1.807) is 23.6 Å². The normalized spacial score (nSPS) is 14.5. The predicted molar refractivity (Wildman–Crippen MR) is 71.3 cm³/mol. The molecule has 7 heteroatoms. The Bertz CT molecular complexity index is 522. The number of nitrogens with two attached hydrogens (primary N) is 1. The molecule has 4 N–H and O–H groups in total. The fourth-order valence-corrected chi connectivity index (χ4v) is 2.22. The summed E-state index contributed by atoms with van der Waals surface area (Å²) in [6.45, 7) is 0.669. The molecule has 2 aromatic heterocycles. The quantitative estimate of drug-likeness (QED) is 0.561. The van der Waals surface area contributed by atoms with Crippen LogP contribution in [0, 0.1) is 0 Å². The molecule has 1 saturated carbocycles. The summed E-state index contributed by atoms with van der Waals surface area (Å²) in [6, 6.07) is 1.81. The fraction of sp³-hybridized carbons (Fsp3) is 0.364. The van der Waals surface area contributed by atoms with Crippen molar-refractivity contribution >= 4 is 23.0 Å². The Morgan fingerprint density at radius 3 is 2.83 bits per heavy atom. The summed E-state index contributed by atoms with van der Waals surface area (Å²) in [5.41, 5.74) is 2.58. The van der Waals surface area contributed by atoms with Crippen LogP contribution in [0.5, 0.6) is 0 Å². The molecule has 0 spiro atoms. The molecule has 0 atom stereocenters. The van der Waals surface area contributed by atoms with Crippen LogP contribution in [-0.2, 0) is 6.54 Å². The van der Waals surface area contributed by atoms with E-state index in [2.05, 4.69) is 25.7 Å². The molecule has 0 aromatic carbocycles. The van der Waals surface area contributed by atoms with E-state index in [4.69, 9.17) is 5.84 Å². The van der Waals surface area contributed by atoms with Crippen molar-refractivity contribution in [3.63, 3.8) is 0 Å². The number of nitrogens with zero attached hydrogens (tertiary/aromatic N) is 3. The zero-order valence-corrected chi connectivity index (χ0v) is 10.6. The smallest absolute Gasteiger partial charge is 0.145 e. The van der Waals surface area contributed by atoms with Crippen LogP contribution in [0.3, 0.4) is 0 Å². The lowest BCUT2D eigenvalue weighted by Crippen LogP contribution is -2.12. The molecular formula is C11H14N6S. The summed E-state index contributed by atoms with van der Waals surface area (Å²) in [7, 11) is 0. The molecule has 0 unspecified atom stereocenters. The third-order valence-corrected chi connectivity index (χ3v) is 3.52. The molecule has 2 aromatic rings. The van der Waals surface area contributed by atoms with Gasteiger partial charge in [-0.25, -0.2) is 20.8 Å². The van der Waals surface area contributed by atoms with Crippen LogP contribution in [0.4, 0.5) is 11.6 Å². The SMILES string of the molecule is NNc1cc(NCc2nccs2)nc(C2CC2)n1. The number of nitrogens with one attached hydrogen (secondary N) is 2. The number of nitrogen functional groups attached to an aromatic ring is 1. The first-order valence-electron chi connectivity index (χ1n) is 5.83. The molecule has 0 radical (unpaired) electrons. The second-order valence-electron chi connectivity index (χ2n) is 4.19. The van der Waals surface area contributed by atoms with Crippen molar-refractivity contribution in [1.82, 2.24) is 15.0 Å². The van der Waals surface area contributed by atoms with Crippen LogP contribution >= 0.6 is 11.3 Å². The van der Waals surface area contributed by atoms with Crippen molar-refractivity contribution in [2.45, 2.75) is 25.3 Å². The van der Waals surface area contributed by atoms with E-state index in [1.165, 1.54) is 12.8 Å². The second-order valence-corrected chi connectivity index (χ2v) is 5.17. The van der Waals surface area contributed by atoms with Gasteiger partial charge in [0.1, 0.15) is 22.5 Å². The highest BCUT2D eigenvalue weighted by atomic mass is 32.1. The van der Waals surface area contributed by atoms with E-state index in [1.807, 2.05) is 5.38 Å². The summed E-state index contributed by atoms with van der Waals surface area (Å²) >= 11 is 1.62. The molecule has 1 aliphatic carbocycles. The van der Waals surface area contributed by atoms with E-state index in [9.17, 15) is 0 Å². The van der Waals surface area contributed by atoms with Crippen molar-refractivity contribution in [2.24, 2.45) is 5.84 Å². The molecule has 1 fully saturated rings. The number of hydrazine groups is 1.